The summed E-state index contributed by atoms with van der Waals surface area (Å²) in [5.74, 6) is 1.34. The van der Waals surface area contributed by atoms with Crippen molar-refractivity contribution in [3.05, 3.63) is 35.9 Å². The first kappa shape index (κ1) is 7.23. The molecule has 0 saturated carbocycles. The highest BCUT2D eigenvalue weighted by molar-refractivity contribution is 8.07. The Hall–Kier alpha value is -0.430. The molecule has 1 aliphatic rings. The third-order valence-electron chi connectivity index (χ3n) is 2.06. The second-order valence-electron chi connectivity index (χ2n) is 3.40. The molecule has 1 heteroatoms. The van der Waals surface area contributed by atoms with Gasteiger partial charge in [0.15, 0.2) is 0 Å². The van der Waals surface area contributed by atoms with E-state index in [2.05, 4.69) is 49.0 Å². The van der Waals surface area contributed by atoms with E-state index in [0.717, 1.165) is 0 Å². The molecule has 11 heavy (non-hydrogen) atoms. The Labute approximate surface area is 72.0 Å². The first-order valence-electron chi connectivity index (χ1n) is 3.96. The van der Waals surface area contributed by atoms with Gasteiger partial charge in [0, 0.05) is 10.5 Å². The monoisotopic (exact) mass is 164 g/mol. The van der Waals surface area contributed by atoms with Gasteiger partial charge in [0.1, 0.15) is 0 Å². The van der Waals surface area contributed by atoms with Crippen molar-refractivity contribution in [2.24, 2.45) is 0 Å². The van der Waals surface area contributed by atoms with Crippen LogP contribution >= 0.6 is 11.8 Å². The van der Waals surface area contributed by atoms with Crippen LogP contribution in [0, 0.1) is 0 Å². The number of thioether (sulfide) groups is 1. The fraction of sp³-hybridized carbons (Fsp3) is 0.400. The SMILES string of the molecule is CC1(Cc2ccccc2)CS1. The average molecular weight is 164 g/mol. The van der Waals surface area contributed by atoms with Gasteiger partial charge >= 0.3 is 0 Å². The van der Waals surface area contributed by atoms with Crippen molar-refractivity contribution >= 4 is 11.8 Å². The lowest BCUT2D eigenvalue weighted by Gasteiger charge is -2.04. The molecule has 2 rings (SSSR count). The van der Waals surface area contributed by atoms with Crippen LogP contribution in [0.4, 0.5) is 0 Å². The number of benzene rings is 1. The van der Waals surface area contributed by atoms with Crippen molar-refractivity contribution in [1.82, 2.24) is 0 Å². The second kappa shape index (κ2) is 2.56. The van der Waals surface area contributed by atoms with Crippen LogP contribution in [0.5, 0.6) is 0 Å². The molecule has 1 fully saturated rings. The minimum absolute atomic E-state index is 0.571. The third kappa shape index (κ3) is 1.78. The van der Waals surface area contributed by atoms with Gasteiger partial charge < -0.3 is 0 Å². The normalized spacial score (nSPS) is 28.5. The molecular formula is C10H12S. The van der Waals surface area contributed by atoms with Crippen LogP contribution < -0.4 is 0 Å². The van der Waals surface area contributed by atoms with E-state index in [1.165, 1.54) is 17.7 Å². The molecule has 0 nitrogen and oxygen atoms in total. The molecule has 0 bridgehead atoms. The van der Waals surface area contributed by atoms with Gasteiger partial charge in [-0.2, -0.15) is 11.8 Å². The second-order valence-corrected chi connectivity index (χ2v) is 4.96. The fourth-order valence-electron chi connectivity index (χ4n) is 1.25. The van der Waals surface area contributed by atoms with Gasteiger partial charge in [-0.15, -0.1) is 0 Å². The predicted molar refractivity (Wildman–Crippen MR) is 51.0 cm³/mol. The van der Waals surface area contributed by atoms with Gasteiger partial charge in [-0.3, -0.25) is 0 Å². The van der Waals surface area contributed by atoms with Crippen LogP contribution in [-0.4, -0.2) is 10.5 Å². The zero-order chi connectivity index (χ0) is 7.73. The zero-order valence-corrected chi connectivity index (χ0v) is 7.53. The van der Waals surface area contributed by atoms with E-state index < -0.39 is 0 Å². The van der Waals surface area contributed by atoms with Crippen LogP contribution in [0.1, 0.15) is 12.5 Å². The minimum atomic E-state index is 0.571. The maximum atomic E-state index is 2.34. The molecule has 1 heterocycles. The molecule has 0 radical (unpaired) electrons. The van der Waals surface area contributed by atoms with E-state index in [1.807, 2.05) is 0 Å². The van der Waals surface area contributed by atoms with Crippen LogP contribution in [0.2, 0.25) is 0 Å². The summed E-state index contributed by atoms with van der Waals surface area (Å²) in [6.07, 6.45) is 1.23. The van der Waals surface area contributed by atoms with Crippen molar-refractivity contribution in [2.45, 2.75) is 18.1 Å². The van der Waals surface area contributed by atoms with Gasteiger partial charge in [-0.1, -0.05) is 30.3 Å². The van der Waals surface area contributed by atoms with E-state index in [9.17, 15) is 0 Å². The lowest BCUT2D eigenvalue weighted by molar-refractivity contribution is 0.789. The van der Waals surface area contributed by atoms with E-state index in [1.54, 1.807) is 0 Å². The van der Waals surface area contributed by atoms with Crippen molar-refractivity contribution in [1.29, 1.82) is 0 Å². The zero-order valence-electron chi connectivity index (χ0n) is 6.71. The Balaban J connectivity index is 2.07. The first-order chi connectivity index (χ1) is 5.29. The third-order valence-corrected chi connectivity index (χ3v) is 3.48. The molecule has 1 aromatic rings. The van der Waals surface area contributed by atoms with Crippen molar-refractivity contribution in [2.75, 3.05) is 5.75 Å². The van der Waals surface area contributed by atoms with E-state index in [0.29, 0.717) is 4.75 Å². The lowest BCUT2D eigenvalue weighted by Crippen LogP contribution is -2.06. The number of hydrogen-bond acceptors (Lipinski definition) is 1. The Morgan fingerprint density at radius 1 is 1.36 bits per heavy atom. The standard InChI is InChI=1S/C10H12S/c1-10(8-11-10)7-9-5-3-2-4-6-9/h2-6H,7-8H2,1H3. The van der Waals surface area contributed by atoms with Crippen LogP contribution in [-0.2, 0) is 6.42 Å². The quantitative estimate of drug-likeness (QED) is 0.606. The predicted octanol–water partition coefficient (Wildman–Crippen LogP) is 2.73. The Morgan fingerprint density at radius 2 is 2.00 bits per heavy atom. The molecule has 0 aromatic heterocycles. The molecule has 0 aliphatic carbocycles. The molecule has 0 amide bonds. The summed E-state index contributed by atoms with van der Waals surface area (Å²) in [5.41, 5.74) is 1.47. The van der Waals surface area contributed by atoms with Crippen molar-refractivity contribution < 1.29 is 0 Å². The largest absolute Gasteiger partial charge is 0.153 e. The fourth-order valence-corrected chi connectivity index (χ4v) is 1.87. The highest BCUT2D eigenvalue weighted by atomic mass is 32.2. The summed E-state index contributed by atoms with van der Waals surface area (Å²) in [6, 6.07) is 10.7. The molecule has 0 N–H and O–H groups in total. The molecule has 1 aromatic carbocycles. The Morgan fingerprint density at radius 3 is 2.55 bits per heavy atom. The number of hydrogen-bond donors (Lipinski definition) is 0. The molecule has 1 aliphatic heterocycles. The highest BCUT2D eigenvalue weighted by Gasteiger charge is 2.38. The van der Waals surface area contributed by atoms with Gasteiger partial charge in [-0.05, 0) is 18.9 Å². The summed E-state index contributed by atoms with van der Waals surface area (Å²) in [4.78, 5) is 0. The van der Waals surface area contributed by atoms with Crippen LogP contribution in [0.3, 0.4) is 0 Å². The maximum absolute atomic E-state index is 2.34. The molecule has 1 unspecified atom stereocenters. The van der Waals surface area contributed by atoms with Crippen LogP contribution in [0.25, 0.3) is 0 Å². The smallest absolute Gasteiger partial charge is 0.0263 e. The van der Waals surface area contributed by atoms with Crippen molar-refractivity contribution in [3.8, 4) is 0 Å². The topological polar surface area (TPSA) is 0 Å². The highest BCUT2D eigenvalue weighted by Crippen LogP contribution is 2.46. The molecule has 58 valence electrons. The summed E-state index contributed by atoms with van der Waals surface area (Å²) in [5, 5.41) is 0. The van der Waals surface area contributed by atoms with Gasteiger partial charge in [0.25, 0.3) is 0 Å². The molecule has 1 saturated heterocycles. The van der Waals surface area contributed by atoms with E-state index >= 15 is 0 Å². The van der Waals surface area contributed by atoms with Crippen molar-refractivity contribution in [3.63, 3.8) is 0 Å². The van der Waals surface area contributed by atoms with Crippen LogP contribution in [0.15, 0.2) is 30.3 Å². The molecule has 0 spiro atoms. The van der Waals surface area contributed by atoms with Gasteiger partial charge in [0.05, 0.1) is 0 Å². The Bertz CT molecular complexity index is 236. The summed E-state index contributed by atoms with van der Waals surface area (Å²) in [6.45, 7) is 2.34. The van der Waals surface area contributed by atoms with Gasteiger partial charge in [0.2, 0.25) is 0 Å². The first-order valence-corrected chi connectivity index (χ1v) is 4.95. The summed E-state index contributed by atoms with van der Waals surface area (Å²) in [7, 11) is 0. The Kier molecular flexibility index (Phi) is 1.68. The summed E-state index contributed by atoms with van der Waals surface area (Å²) < 4.78 is 0.571. The molecule has 1 atom stereocenters. The van der Waals surface area contributed by atoms with E-state index in [4.69, 9.17) is 0 Å². The maximum Gasteiger partial charge on any atom is 0.0263 e. The lowest BCUT2D eigenvalue weighted by atomic mass is 10.0. The summed E-state index contributed by atoms with van der Waals surface area (Å²) >= 11 is 2.07. The molecular weight excluding hydrogens is 152 g/mol. The van der Waals surface area contributed by atoms with Gasteiger partial charge in [-0.25, -0.2) is 0 Å². The number of rotatable bonds is 2. The van der Waals surface area contributed by atoms with E-state index in [-0.39, 0.29) is 0 Å². The minimum Gasteiger partial charge on any atom is -0.153 e. The average Bonchev–Trinajstić information content (AvgIpc) is 2.70.